The highest BCUT2D eigenvalue weighted by molar-refractivity contribution is 6.10. The second-order valence-corrected chi connectivity index (χ2v) is 10.6. The molecule has 3 heterocycles. The van der Waals surface area contributed by atoms with Crippen molar-refractivity contribution in [3.8, 4) is 5.82 Å². The average Bonchev–Trinajstić information content (AvgIpc) is 3.14. The molecule has 3 heteroatoms. The third-order valence-corrected chi connectivity index (χ3v) is 6.72. The van der Waals surface area contributed by atoms with Crippen LogP contribution in [0.25, 0.3) is 27.6 Å². The van der Waals surface area contributed by atoms with Gasteiger partial charge in [-0.05, 0) is 64.3 Å². The first-order valence-corrected chi connectivity index (χ1v) is 11.6. The molecule has 3 aromatic heterocycles. The predicted molar refractivity (Wildman–Crippen MR) is 138 cm³/mol. The summed E-state index contributed by atoms with van der Waals surface area (Å²) in [5, 5.41) is 2.59. The van der Waals surface area contributed by atoms with Crippen molar-refractivity contribution in [2.75, 3.05) is 0 Å². The van der Waals surface area contributed by atoms with E-state index in [0.717, 1.165) is 12.2 Å². The Morgan fingerprint density at radius 2 is 1.45 bits per heavy atom. The van der Waals surface area contributed by atoms with Gasteiger partial charge in [0.2, 0.25) is 0 Å². The molecule has 0 radical (unpaired) electrons. The van der Waals surface area contributed by atoms with Crippen LogP contribution < -0.4 is 0 Å². The van der Waals surface area contributed by atoms with Gasteiger partial charge in [0.15, 0.2) is 0 Å². The zero-order valence-electron chi connectivity index (χ0n) is 20.1. The zero-order valence-corrected chi connectivity index (χ0v) is 20.1. The van der Waals surface area contributed by atoms with Crippen LogP contribution in [-0.2, 0) is 17.3 Å². The maximum atomic E-state index is 4.90. The van der Waals surface area contributed by atoms with Gasteiger partial charge in [0, 0.05) is 29.4 Å². The molecule has 5 aromatic rings. The molecule has 0 bridgehead atoms. The fraction of sp³-hybridized carbons (Fsp3) is 0.267. The number of aromatic nitrogens is 3. The third kappa shape index (κ3) is 3.82. The van der Waals surface area contributed by atoms with E-state index in [1.807, 2.05) is 18.6 Å². The lowest BCUT2D eigenvalue weighted by Crippen LogP contribution is -2.20. The lowest BCUT2D eigenvalue weighted by Gasteiger charge is -2.26. The van der Waals surface area contributed by atoms with E-state index in [9.17, 15) is 0 Å². The van der Waals surface area contributed by atoms with Gasteiger partial charge in [-0.3, -0.25) is 9.55 Å². The van der Waals surface area contributed by atoms with Crippen LogP contribution in [0.15, 0.2) is 85.3 Å². The van der Waals surface area contributed by atoms with Gasteiger partial charge in [0.1, 0.15) is 5.82 Å². The number of hydrogen-bond acceptors (Lipinski definition) is 2. The largest absolute Gasteiger partial charge is 0.294 e. The van der Waals surface area contributed by atoms with E-state index in [4.69, 9.17) is 4.98 Å². The van der Waals surface area contributed by atoms with Crippen molar-refractivity contribution in [2.45, 2.75) is 51.9 Å². The molecule has 0 fully saturated rings. The van der Waals surface area contributed by atoms with Gasteiger partial charge in [0.05, 0.1) is 11.0 Å². The summed E-state index contributed by atoms with van der Waals surface area (Å²) in [7, 11) is 0. The van der Waals surface area contributed by atoms with Gasteiger partial charge >= 0.3 is 0 Å². The molecule has 0 spiro atoms. The Morgan fingerprint density at radius 1 is 0.727 bits per heavy atom. The van der Waals surface area contributed by atoms with E-state index in [1.165, 1.54) is 38.5 Å². The molecule has 0 N–H and O–H groups in total. The summed E-state index contributed by atoms with van der Waals surface area (Å²) in [4.78, 5) is 9.10. The van der Waals surface area contributed by atoms with E-state index in [0.29, 0.717) is 0 Å². The van der Waals surface area contributed by atoms with Crippen molar-refractivity contribution >= 4 is 21.8 Å². The van der Waals surface area contributed by atoms with Crippen molar-refractivity contribution < 1.29 is 0 Å². The highest BCUT2D eigenvalue weighted by Gasteiger charge is 2.24. The second kappa shape index (κ2) is 7.84. The molecular formula is C30H31N3. The van der Waals surface area contributed by atoms with Gasteiger partial charge in [-0.25, -0.2) is 4.98 Å². The topological polar surface area (TPSA) is 30.7 Å². The van der Waals surface area contributed by atoms with Gasteiger partial charge in [0.25, 0.3) is 0 Å². The number of para-hydroxylation sites is 1. The molecule has 0 saturated carbocycles. The van der Waals surface area contributed by atoms with E-state index >= 15 is 0 Å². The molecule has 33 heavy (non-hydrogen) atoms. The quantitative estimate of drug-likeness (QED) is 0.296. The standard InChI is InChI=1S/C30H31N3/c1-29(2,3)23-13-14-27(32-20-23)33-25-11-7-6-10-24(25)28-21(9-8-12-26(28)33)19-30(4,5)22-15-17-31-18-16-22/h6-18,20H,19H2,1-5H3. The number of nitrogens with zero attached hydrogens (tertiary/aromatic N) is 3. The van der Waals surface area contributed by atoms with Crippen LogP contribution in [-0.4, -0.2) is 14.5 Å². The van der Waals surface area contributed by atoms with E-state index < -0.39 is 0 Å². The van der Waals surface area contributed by atoms with Crippen LogP contribution in [0.2, 0.25) is 0 Å². The Hall–Kier alpha value is -3.46. The lowest BCUT2D eigenvalue weighted by atomic mass is 9.79. The van der Waals surface area contributed by atoms with Crippen molar-refractivity contribution in [2.24, 2.45) is 0 Å². The normalized spacial score (nSPS) is 12.5. The molecule has 0 saturated heterocycles. The summed E-state index contributed by atoms with van der Waals surface area (Å²) < 4.78 is 2.31. The van der Waals surface area contributed by atoms with Gasteiger partial charge in [-0.2, -0.15) is 0 Å². The fourth-order valence-corrected chi connectivity index (χ4v) is 4.83. The Kier molecular flexibility index (Phi) is 5.08. The minimum Gasteiger partial charge on any atom is -0.294 e. The summed E-state index contributed by atoms with van der Waals surface area (Å²) in [6, 6.07) is 24.0. The fourth-order valence-electron chi connectivity index (χ4n) is 4.83. The molecule has 2 aromatic carbocycles. The van der Waals surface area contributed by atoms with E-state index in [2.05, 4.69) is 111 Å². The Bertz CT molecular complexity index is 1420. The minimum atomic E-state index is -0.00691. The Morgan fingerprint density at radius 3 is 2.15 bits per heavy atom. The number of pyridine rings is 2. The van der Waals surface area contributed by atoms with E-state index in [1.54, 1.807) is 0 Å². The number of benzene rings is 2. The first-order valence-electron chi connectivity index (χ1n) is 11.6. The van der Waals surface area contributed by atoms with Crippen molar-refractivity contribution in [1.82, 2.24) is 14.5 Å². The summed E-state index contributed by atoms with van der Waals surface area (Å²) in [6.45, 7) is 11.3. The molecule has 5 rings (SSSR count). The van der Waals surface area contributed by atoms with Crippen molar-refractivity contribution in [3.63, 3.8) is 0 Å². The molecule has 0 aliphatic heterocycles. The maximum Gasteiger partial charge on any atom is 0.137 e. The molecular weight excluding hydrogens is 402 g/mol. The summed E-state index contributed by atoms with van der Waals surface area (Å²) in [5.41, 5.74) is 6.37. The molecule has 0 aliphatic carbocycles. The van der Waals surface area contributed by atoms with Gasteiger partial charge in [-0.1, -0.05) is 71.0 Å². The van der Waals surface area contributed by atoms with Crippen LogP contribution in [0.4, 0.5) is 0 Å². The molecule has 3 nitrogen and oxygen atoms in total. The van der Waals surface area contributed by atoms with Crippen molar-refractivity contribution in [3.05, 3.63) is 102 Å². The Labute approximate surface area is 196 Å². The van der Waals surface area contributed by atoms with Crippen LogP contribution in [0.3, 0.4) is 0 Å². The highest BCUT2D eigenvalue weighted by Crippen LogP contribution is 2.37. The monoisotopic (exact) mass is 433 g/mol. The molecule has 0 amide bonds. The predicted octanol–water partition coefficient (Wildman–Crippen LogP) is 7.39. The molecule has 0 atom stereocenters. The summed E-state index contributed by atoms with van der Waals surface area (Å²) in [5.74, 6) is 0.958. The smallest absolute Gasteiger partial charge is 0.137 e. The number of fused-ring (bicyclic) bond motifs is 3. The highest BCUT2D eigenvalue weighted by atomic mass is 15.1. The number of rotatable bonds is 4. The second-order valence-electron chi connectivity index (χ2n) is 10.6. The van der Waals surface area contributed by atoms with E-state index in [-0.39, 0.29) is 10.8 Å². The Balaban J connectivity index is 1.70. The maximum absolute atomic E-state index is 4.90. The van der Waals surface area contributed by atoms with Crippen molar-refractivity contribution in [1.29, 1.82) is 0 Å². The summed E-state index contributed by atoms with van der Waals surface area (Å²) in [6.07, 6.45) is 6.73. The van der Waals surface area contributed by atoms with Crippen LogP contribution in [0.5, 0.6) is 0 Å². The first kappa shape index (κ1) is 21.4. The van der Waals surface area contributed by atoms with Gasteiger partial charge < -0.3 is 0 Å². The van der Waals surface area contributed by atoms with Crippen LogP contribution >= 0.6 is 0 Å². The third-order valence-electron chi connectivity index (χ3n) is 6.72. The summed E-state index contributed by atoms with van der Waals surface area (Å²) >= 11 is 0. The number of hydrogen-bond donors (Lipinski definition) is 0. The first-order chi connectivity index (χ1) is 15.8. The lowest BCUT2D eigenvalue weighted by molar-refractivity contribution is 0.523. The minimum absolute atomic E-state index is 0.00691. The van der Waals surface area contributed by atoms with Crippen LogP contribution in [0, 0.1) is 0 Å². The molecule has 0 aliphatic rings. The SMILES string of the molecule is CC(C)(C)c1ccc(-n2c3ccccc3c3c(CC(C)(C)c4ccncc4)cccc32)nc1. The molecule has 166 valence electrons. The average molecular weight is 434 g/mol. The van der Waals surface area contributed by atoms with Gasteiger partial charge in [-0.15, -0.1) is 0 Å². The molecule has 0 unspecified atom stereocenters. The van der Waals surface area contributed by atoms with Crippen LogP contribution in [0.1, 0.15) is 51.3 Å². The zero-order chi connectivity index (χ0) is 23.2.